The molecule has 0 atom stereocenters. The number of carbonyl (C=O) groups excluding carboxylic acids is 4. The van der Waals surface area contributed by atoms with Crippen LogP contribution in [0.3, 0.4) is 0 Å². The van der Waals surface area contributed by atoms with Crippen molar-refractivity contribution in [1.29, 1.82) is 0 Å². The summed E-state index contributed by atoms with van der Waals surface area (Å²) < 4.78 is 10.3. The van der Waals surface area contributed by atoms with Crippen molar-refractivity contribution in [2.45, 2.75) is 71.8 Å². The van der Waals surface area contributed by atoms with Crippen LogP contribution < -0.4 is 10.6 Å². The number of nitrogens with one attached hydrogen (secondary N) is 2. The lowest BCUT2D eigenvalue weighted by Gasteiger charge is -2.20. The Labute approximate surface area is 210 Å². The number of hydrogen-bond donors (Lipinski definition) is 2. The highest BCUT2D eigenvalue weighted by molar-refractivity contribution is 7.15. The highest BCUT2D eigenvalue weighted by Crippen LogP contribution is 2.34. The largest absolute Gasteiger partial charge is 0.465 e. The number of anilines is 2. The molecule has 0 unspecified atom stereocenters. The van der Waals surface area contributed by atoms with Crippen molar-refractivity contribution in [3.63, 3.8) is 0 Å². The maximum Gasteiger partial charge on any atom is 0.341 e. The van der Waals surface area contributed by atoms with E-state index in [1.165, 1.54) is 18.4 Å². The number of benzene rings is 1. The second kappa shape index (κ2) is 12.5. The minimum absolute atomic E-state index is 0.0993. The molecule has 2 N–H and O–H groups in total. The van der Waals surface area contributed by atoms with Crippen molar-refractivity contribution in [2.75, 3.05) is 17.7 Å². The monoisotopic (exact) mass is 502 g/mol. The van der Waals surface area contributed by atoms with Gasteiger partial charge in [-0.25, -0.2) is 9.59 Å². The molecule has 1 aromatic carbocycles. The van der Waals surface area contributed by atoms with Gasteiger partial charge in [-0.15, -0.1) is 11.3 Å². The van der Waals surface area contributed by atoms with Gasteiger partial charge in [0, 0.05) is 12.8 Å². The van der Waals surface area contributed by atoms with E-state index < -0.39 is 17.5 Å². The summed E-state index contributed by atoms with van der Waals surface area (Å²) in [5.74, 6) is -1.38. The van der Waals surface area contributed by atoms with Crippen LogP contribution in [-0.2, 0) is 19.1 Å². The Morgan fingerprint density at radius 3 is 2.11 bits per heavy atom. The lowest BCUT2D eigenvalue weighted by Crippen LogP contribution is -2.25. The van der Waals surface area contributed by atoms with E-state index in [1.807, 2.05) is 19.2 Å². The Hall–Kier alpha value is -3.20. The predicted molar refractivity (Wildman–Crippen MR) is 137 cm³/mol. The molecule has 9 heteroatoms. The number of hydrogen-bond acceptors (Lipinski definition) is 7. The molecule has 0 bridgehead atoms. The molecule has 190 valence electrons. The quantitative estimate of drug-likeness (QED) is 0.316. The third-order valence-electron chi connectivity index (χ3n) is 4.96. The molecule has 0 saturated heterocycles. The molecule has 8 nitrogen and oxygen atoms in total. The van der Waals surface area contributed by atoms with Gasteiger partial charge in [-0.1, -0.05) is 26.0 Å². The van der Waals surface area contributed by atoms with E-state index in [0.717, 1.165) is 5.56 Å². The van der Waals surface area contributed by atoms with E-state index >= 15 is 0 Å². The van der Waals surface area contributed by atoms with E-state index in [2.05, 4.69) is 10.6 Å². The second-order valence-corrected chi connectivity index (χ2v) is 10.3. The number of esters is 2. The Bertz CT molecular complexity index is 1070. The summed E-state index contributed by atoms with van der Waals surface area (Å²) in [4.78, 5) is 49.4. The Kier molecular flexibility index (Phi) is 10.0. The number of rotatable bonds is 10. The normalized spacial score (nSPS) is 11.2. The molecule has 0 spiro atoms. The molecular weight excluding hydrogens is 468 g/mol. The fraction of sp³-hybridized carbons (Fsp3) is 0.462. The molecule has 0 radical (unpaired) electrons. The van der Waals surface area contributed by atoms with Crippen molar-refractivity contribution >= 4 is 45.8 Å². The summed E-state index contributed by atoms with van der Waals surface area (Å²) in [6.45, 7) is 9.37. The molecule has 0 saturated carbocycles. The fourth-order valence-electron chi connectivity index (χ4n) is 3.28. The first kappa shape index (κ1) is 28.0. The molecule has 35 heavy (non-hydrogen) atoms. The van der Waals surface area contributed by atoms with Crippen molar-refractivity contribution in [3.05, 3.63) is 46.3 Å². The van der Waals surface area contributed by atoms with Gasteiger partial charge < -0.3 is 20.1 Å². The van der Waals surface area contributed by atoms with E-state index in [1.54, 1.807) is 45.0 Å². The van der Waals surface area contributed by atoms with Crippen molar-refractivity contribution in [3.8, 4) is 0 Å². The van der Waals surface area contributed by atoms with Crippen LogP contribution in [0.5, 0.6) is 0 Å². The molecular formula is C26H34N2O6S. The first-order valence-corrected chi connectivity index (χ1v) is 12.4. The number of unbranched alkanes of at least 4 members (excludes halogenated alkanes) is 1. The molecule has 2 amide bonds. The molecule has 1 aromatic heterocycles. The van der Waals surface area contributed by atoms with Crippen LogP contribution in [-0.4, -0.2) is 36.5 Å². The van der Waals surface area contributed by atoms with Crippen molar-refractivity contribution in [2.24, 2.45) is 0 Å². The highest BCUT2D eigenvalue weighted by Gasteiger charge is 2.27. The zero-order valence-corrected chi connectivity index (χ0v) is 22.0. The van der Waals surface area contributed by atoms with Crippen LogP contribution in [0, 0.1) is 0 Å². The smallest absolute Gasteiger partial charge is 0.341 e. The third-order valence-corrected chi connectivity index (χ3v) is 5.88. The molecule has 0 aliphatic heterocycles. The average molecular weight is 503 g/mol. The standard InChI is InChI=1S/C26H34N2O6S/c1-16(2)18-15-35-23(22(18)25(32)34-26(3,4)5)28-21(30)14-10-9-13-20(29)27-19-12-8-7-11-17(19)24(31)33-6/h7-8,11-12,15-16H,9-10,13-14H2,1-6H3,(H,27,29)(H,28,30). The Balaban J connectivity index is 1.90. The number of ether oxygens (including phenoxy) is 2. The molecule has 2 rings (SSSR count). The van der Waals surface area contributed by atoms with Gasteiger partial charge in [-0.3, -0.25) is 9.59 Å². The molecule has 0 aliphatic carbocycles. The van der Waals surface area contributed by atoms with E-state index in [4.69, 9.17) is 9.47 Å². The fourth-order valence-corrected chi connectivity index (χ4v) is 4.41. The zero-order chi connectivity index (χ0) is 26.2. The van der Waals surface area contributed by atoms with Crippen LogP contribution in [0.2, 0.25) is 0 Å². The minimum Gasteiger partial charge on any atom is -0.465 e. The van der Waals surface area contributed by atoms with Crippen molar-refractivity contribution in [1.82, 2.24) is 0 Å². The number of methoxy groups -OCH3 is 1. The van der Waals surface area contributed by atoms with Crippen LogP contribution >= 0.6 is 11.3 Å². The lowest BCUT2D eigenvalue weighted by atomic mass is 10.0. The van der Waals surface area contributed by atoms with E-state index in [9.17, 15) is 19.2 Å². The van der Waals surface area contributed by atoms with Crippen molar-refractivity contribution < 1.29 is 28.7 Å². The first-order chi connectivity index (χ1) is 16.4. The van der Waals surface area contributed by atoms with Gasteiger partial charge >= 0.3 is 11.9 Å². The van der Waals surface area contributed by atoms with Gasteiger partial charge in [-0.05, 0) is 62.6 Å². The predicted octanol–water partition coefficient (Wildman–Crippen LogP) is 5.75. The Morgan fingerprint density at radius 2 is 1.54 bits per heavy atom. The van der Waals surface area contributed by atoms with Gasteiger partial charge in [0.05, 0.1) is 23.9 Å². The summed E-state index contributed by atoms with van der Waals surface area (Å²) in [6.07, 6.45) is 1.37. The minimum atomic E-state index is -0.646. The summed E-state index contributed by atoms with van der Waals surface area (Å²) in [7, 11) is 1.28. The van der Waals surface area contributed by atoms with Crippen LogP contribution in [0.4, 0.5) is 10.7 Å². The first-order valence-electron chi connectivity index (χ1n) is 11.5. The van der Waals surface area contributed by atoms with Gasteiger partial charge in [0.1, 0.15) is 10.6 Å². The SMILES string of the molecule is COC(=O)c1ccccc1NC(=O)CCCCC(=O)Nc1scc(C(C)C)c1C(=O)OC(C)(C)C. The summed E-state index contributed by atoms with van der Waals surface area (Å²) in [5, 5.41) is 7.90. The van der Waals surface area contributed by atoms with Crippen LogP contribution in [0.1, 0.15) is 92.5 Å². The average Bonchev–Trinajstić information content (AvgIpc) is 3.19. The Morgan fingerprint density at radius 1 is 0.943 bits per heavy atom. The second-order valence-electron chi connectivity index (χ2n) is 9.39. The molecule has 0 aliphatic rings. The zero-order valence-electron chi connectivity index (χ0n) is 21.2. The molecule has 2 aromatic rings. The number of carbonyl (C=O) groups is 4. The highest BCUT2D eigenvalue weighted by atomic mass is 32.1. The summed E-state index contributed by atoms with van der Waals surface area (Å²) in [5.41, 5.74) is 1.25. The maximum absolute atomic E-state index is 12.8. The van der Waals surface area contributed by atoms with Gasteiger partial charge in [0.15, 0.2) is 0 Å². The number of para-hydroxylation sites is 1. The van der Waals surface area contributed by atoms with E-state index in [-0.39, 0.29) is 36.1 Å². The summed E-state index contributed by atoms with van der Waals surface area (Å²) in [6, 6.07) is 6.61. The maximum atomic E-state index is 12.8. The number of amides is 2. The third kappa shape index (κ3) is 8.51. The molecule has 1 heterocycles. The van der Waals surface area contributed by atoms with E-state index in [0.29, 0.717) is 29.1 Å². The number of thiophene rings is 1. The topological polar surface area (TPSA) is 111 Å². The lowest BCUT2D eigenvalue weighted by molar-refractivity contribution is -0.118. The van der Waals surface area contributed by atoms with Crippen LogP contribution in [0.15, 0.2) is 29.6 Å². The van der Waals surface area contributed by atoms with Gasteiger partial charge in [0.2, 0.25) is 11.8 Å². The van der Waals surface area contributed by atoms with Gasteiger partial charge in [0.25, 0.3) is 0 Å². The molecule has 0 fully saturated rings. The summed E-state index contributed by atoms with van der Waals surface area (Å²) >= 11 is 1.30. The van der Waals surface area contributed by atoms with Gasteiger partial charge in [-0.2, -0.15) is 0 Å². The van der Waals surface area contributed by atoms with Crippen LogP contribution in [0.25, 0.3) is 0 Å².